The lowest BCUT2D eigenvalue weighted by Gasteiger charge is -2.22. The molecule has 0 radical (unpaired) electrons. The van der Waals surface area contributed by atoms with Crippen molar-refractivity contribution in [3.05, 3.63) is 77.1 Å². The van der Waals surface area contributed by atoms with E-state index in [0.717, 1.165) is 0 Å². The quantitative estimate of drug-likeness (QED) is 0.0999. The Kier molecular flexibility index (Phi) is 13.2. The van der Waals surface area contributed by atoms with Gasteiger partial charge in [-0.25, -0.2) is 4.79 Å². The zero-order valence-electron chi connectivity index (χ0n) is 25.6. The molecule has 1 atom stereocenters. The Balaban J connectivity index is 0.000000942. The molecule has 248 valence electrons. The molecule has 0 saturated heterocycles. The van der Waals surface area contributed by atoms with E-state index in [0.29, 0.717) is 46.4 Å². The number of alkyl halides is 3. The predicted molar refractivity (Wildman–Crippen MR) is 162 cm³/mol. The van der Waals surface area contributed by atoms with Crippen LogP contribution in [0.15, 0.2) is 54.7 Å². The number of anilines is 1. The summed E-state index contributed by atoms with van der Waals surface area (Å²) in [5.41, 5.74) is 13.0. The van der Waals surface area contributed by atoms with E-state index in [1.54, 1.807) is 55.5 Å². The number of hydrogen-bond acceptors (Lipinski definition) is 9. The van der Waals surface area contributed by atoms with E-state index in [9.17, 15) is 22.8 Å². The van der Waals surface area contributed by atoms with Crippen molar-refractivity contribution in [2.75, 3.05) is 19.0 Å². The van der Waals surface area contributed by atoms with Crippen LogP contribution in [-0.2, 0) is 9.59 Å². The highest BCUT2D eigenvalue weighted by molar-refractivity contribution is 5.98. The maximum atomic E-state index is 13.4. The second-order valence-electron chi connectivity index (χ2n) is 9.65. The highest BCUT2D eigenvalue weighted by Gasteiger charge is 2.38. The number of pyridine rings is 1. The van der Waals surface area contributed by atoms with Crippen LogP contribution in [-0.4, -0.2) is 59.7 Å². The molecule has 0 saturated carbocycles. The molecule has 7 N–H and O–H groups in total. The number of nitrogens with one attached hydrogen (secondary N) is 4. The molecule has 3 rings (SSSR count). The van der Waals surface area contributed by atoms with Gasteiger partial charge in [0.05, 0.1) is 19.8 Å². The summed E-state index contributed by atoms with van der Waals surface area (Å²) >= 11 is 0. The molecule has 16 heteroatoms. The smallest absolute Gasteiger partial charge is 0.490 e. The lowest BCUT2D eigenvalue weighted by atomic mass is 10.0. The Labute approximate surface area is 262 Å². The number of amidine groups is 1. The molecule has 0 aliphatic heterocycles. The first-order valence-corrected chi connectivity index (χ1v) is 13.6. The molecular formula is C30H35F3N6O7. The van der Waals surface area contributed by atoms with Crippen LogP contribution in [0.5, 0.6) is 17.2 Å². The van der Waals surface area contributed by atoms with Crippen LogP contribution >= 0.6 is 0 Å². The molecule has 0 bridgehead atoms. The van der Waals surface area contributed by atoms with Crippen molar-refractivity contribution in [1.29, 1.82) is 5.41 Å². The van der Waals surface area contributed by atoms with Gasteiger partial charge in [-0.15, -0.1) is 0 Å². The standard InChI is InChI=1S/C28H34N6O5.C2HF3O2/c1-6-38-24-14-19(9-12-22(24)39-16(2)3)25(32-20-10-7-18(8-11-20)26(29)30)28(36)34-33-27(35)21-15-31-17(4)13-23(21)37-5;3-2(4,5)1(6)7/h7-16,25,32H,6H2,1-5H3,(H3,29,30)(H,33,35)(H,34,36);(H,6,7). The number of rotatable bonds is 11. The summed E-state index contributed by atoms with van der Waals surface area (Å²) in [6.07, 6.45) is -3.78. The van der Waals surface area contributed by atoms with Crippen molar-refractivity contribution in [1.82, 2.24) is 15.8 Å². The van der Waals surface area contributed by atoms with Crippen molar-refractivity contribution in [3.63, 3.8) is 0 Å². The molecular weight excluding hydrogens is 613 g/mol. The average molecular weight is 649 g/mol. The van der Waals surface area contributed by atoms with Crippen LogP contribution < -0.4 is 36.1 Å². The number of carbonyl (C=O) groups is 3. The fraction of sp³-hybridized carbons (Fsp3) is 0.300. The Morgan fingerprint density at radius 3 is 2.17 bits per heavy atom. The zero-order valence-corrected chi connectivity index (χ0v) is 25.6. The topological polar surface area (TPSA) is 198 Å². The third kappa shape index (κ3) is 10.9. The number of amides is 2. The number of hydrogen-bond donors (Lipinski definition) is 6. The summed E-state index contributed by atoms with van der Waals surface area (Å²) in [5.74, 6) is -2.60. The SMILES string of the molecule is CCOc1cc(C(Nc2ccc(C(=N)N)cc2)C(=O)NNC(=O)c2cnc(C)cc2OC)ccc1OC(C)C.O=C(O)C(F)(F)F. The number of ether oxygens (including phenoxy) is 3. The number of nitrogens with zero attached hydrogens (tertiary/aromatic N) is 1. The number of nitrogens with two attached hydrogens (primary N) is 1. The fourth-order valence-corrected chi connectivity index (χ4v) is 3.67. The van der Waals surface area contributed by atoms with Crippen LogP contribution in [0.1, 0.15) is 54.0 Å². The van der Waals surface area contributed by atoms with Gasteiger partial charge < -0.3 is 30.4 Å². The number of aromatic nitrogens is 1. The number of aryl methyl sites for hydroxylation is 1. The van der Waals surface area contributed by atoms with Crippen LogP contribution in [0.2, 0.25) is 0 Å². The first kappa shape index (κ1) is 36.7. The number of carboxylic acid groups (broad SMARTS) is 1. The maximum absolute atomic E-state index is 13.4. The number of carboxylic acids is 1. The first-order chi connectivity index (χ1) is 21.6. The fourth-order valence-electron chi connectivity index (χ4n) is 3.67. The molecule has 2 amide bonds. The molecule has 0 spiro atoms. The van der Waals surface area contributed by atoms with Gasteiger partial charge in [0.1, 0.15) is 23.2 Å². The minimum Gasteiger partial charge on any atom is -0.496 e. The van der Waals surface area contributed by atoms with Crippen molar-refractivity contribution in [3.8, 4) is 17.2 Å². The number of benzene rings is 2. The summed E-state index contributed by atoms with van der Waals surface area (Å²) in [5, 5.41) is 17.9. The van der Waals surface area contributed by atoms with Crippen LogP contribution in [0.3, 0.4) is 0 Å². The van der Waals surface area contributed by atoms with Crippen molar-refractivity contribution >= 4 is 29.3 Å². The third-order valence-corrected chi connectivity index (χ3v) is 5.74. The van der Waals surface area contributed by atoms with E-state index in [4.69, 9.17) is 35.3 Å². The number of methoxy groups -OCH3 is 1. The van der Waals surface area contributed by atoms with Crippen molar-refractivity contribution < 1.29 is 46.9 Å². The molecule has 13 nitrogen and oxygen atoms in total. The Hall–Kier alpha value is -5.54. The molecule has 1 unspecified atom stereocenters. The normalized spacial score (nSPS) is 11.3. The summed E-state index contributed by atoms with van der Waals surface area (Å²) in [6.45, 7) is 7.85. The van der Waals surface area contributed by atoms with Gasteiger partial charge in [0.2, 0.25) is 0 Å². The van der Waals surface area contributed by atoms with Gasteiger partial charge in [-0.2, -0.15) is 13.2 Å². The highest BCUT2D eigenvalue weighted by atomic mass is 19.4. The molecule has 3 aromatic rings. The van der Waals surface area contributed by atoms with Gasteiger partial charge in [-0.1, -0.05) is 6.07 Å². The molecule has 46 heavy (non-hydrogen) atoms. The van der Waals surface area contributed by atoms with Crippen molar-refractivity contribution in [2.24, 2.45) is 5.73 Å². The van der Waals surface area contributed by atoms with Crippen LogP contribution in [0, 0.1) is 12.3 Å². The van der Waals surface area contributed by atoms with Crippen molar-refractivity contribution in [2.45, 2.75) is 46.0 Å². The monoisotopic (exact) mass is 648 g/mol. The van der Waals surface area contributed by atoms with E-state index in [1.807, 2.05) is 20.8 Å². The lowest BCUT2D eigenvalue weighted by molar-refractivity contribution is -0.192. The van der Waals surface area contributed by atoms with Gasteiger partial charge >= 0.3 is 12.1 Å². The molecule has 1 heterocycles. The lowest BCUT2D eigenvalue weighted by Crippen LogP contribution is -2.45. The van der Waals surface area contributed by atoms with E-state index in [-0.39, 0.29) is 17.5 Å². The molecule has 2 aromatic carbocycles. The molecule has 1 aromatic heterocycles. The van der Waals surface area contributed by atoms with E-state index in [1.165, 1.54) is 13.3 Å². The Bertz CT molecular complexity index is 1530. The zero-order chi connectivity index (χ0) is 34.6. The van der Waals surface area contributed by atoms with E-state index >= 15 is 0 Å². The number of aliphatic carboxylic acids is 1. The van der Waals surface area contributed by atoms with Gasteiger partial charge in [-0.05, 0) is 69.7 Å². The van der Waals surface area contributed by atoms with Gasteiger partial charge in [0, 0.05) is 29.2 Å². The molecule has 0 fully saturated rings. The predicted octanol–water partition coefficient (Wildman–Crippen LogP) is 4.12. The third-order valence-electron chi connectivity index (χ3n) is 5.74. The Morgan fingerprint density at radius 2 is 1.65 bits per heavy atom. The van der Waals surface area contributed by atoms with Gasteiger partial charge in [-0.3, -0.25) is 30.8 Å². The minimum absolute atomic E-state index is 0.0679. The summed E-state index contributed by atoms with van der Waals surface area (Å²) in [4.78, 5) is 39.3. The number of carbonyl (C=O) groups excluding carboxylic acids is 2. The van der Waals surface area contributed by atoms with E-state index < -0.39 is 30.0 Å². The largest absolute Gasteiger partial charge is 0.496 e. The highest BCUT2D eigenvalue weighted by Crippen LogP contribution is 2.33. The van der Waals surface area contributed by atoms with Gasteiger partial charge in [0.25, 0.3) is 11.8 Å². The average Bonchev–Trinajstić information content (AvgIpc) is 2.99. The minimum atomic E-state index is -5.08. The van der Waals surface area contributed by atoms with Crippen LogP contribution in [0.25, 0.3) is 0 Å². The summed E-state index contributed by atoms with van der Waals surface area (Å²) < 4.78 is 48.6. The molecule has 0 aliphatic rings. The molecule has 0 aliphatic carbocycles. The first-order valence-electron chi connectivity index (χ1n) is 13.6. The Morgan fingerprint density at radius 1 is 1.02 bits per heavy atom. The number of halogens is 3. The summed E-state index contributed by atoms with van der Waals surface area (Å²) in [7, 11) is 1.45. The van der Waals surface area contributed by atoms with Crippen LogP contribution in [0.4, 0.5) is 18.9 Å². The van der Waals surface area contributed by atoms with Gasteiger partial charge in [0.15, 0.2) is 11.5 Å². The van der Waals surface area contributed by atoms with E-state index in [2.05, 4.69) is 21.2 Å². The maximum Gasteiger partial charge on any atom is 0.490 e. The number of hydrazine groups is 1. The number of nitrogen functional groups attached to an aromatic ring is 1. The second-order valence-corrected chi connectivity index (χ2v) is 9.65. The summed E-state index contributed by atoms with van der Waals surface area (Å²) in [6, 6.07) is 12.6. The second kappa shape index (κ2) is 16.5.